The Morgan fingerprint density at radius 2 is 1.85 bits per heavy atom. The summed E-state index contributed by atoms with van der Waals surface area (Å²) in [6.07, 6.45) is 1.73. The lowest BCUT2D eigenvalue weighted by atomic mass is 10.1. The zero-order valence-electron chi connectivity index (χ0n) is 19.2. The molecule has 9 heteroatoms. The summed E-state index contributed by atoms with van der Waals surface area (Å²) in [5.41, 5.74) is 1.63. The molecule has 0 saturated heterocycles. The van der Waals surface area contributed by atoms with Crippen molar-refractivity contribution in [3.05, 3.63) is 71.8 Å². The van der Waals surface area contributed by atoms with E-state index in [0.29, 0.717) is 36.5 Å². The highest BCUT2D eigenvalue weighted by atomic mass is 32.2. The number of hydrogen-bond acceptors (Lipinski definition) is 5. The lowest BCUT2D eigenvalue weighted by molar-refractivity contribution is 0.304. The maximum Gasteiger partial charge on any atom is 0.212 e. The monoisotopic (exact) mass is 473 g/mol. The van der Waals surface area contributed by atoms with E-state index < -0.39 is 16.1 Å². The summed E-state index contributed by atoms with van der Waals surface area (Å²) in [5, 5.41) is 7.05. The lowest BCUT2D eigenvalue weighted by Gasteiger charge is -2.19. The number of hydrogen-bond donors (Lipinski definition) is 2. The van der Waals surface area contributed by atoms with E-state index in [2.05, 4.69) is 38.7 Å². The molecular formula is C24H32FN5O2S. The quantitative estimate of drug-likeness (QED) is 0.392. The summed E-state index contributed by atoms with van der Waals surface area (Å²) in [4.78, 5) is 6.68. The first-order chi connectivity index (χ1) is 15.9. The second-order valence-electron chi connectivity index (χ2n) is 7.95. The lowest BCUT2D eigenvalue weighted by Crippen LogP contribution is -2.33. The summed E-state index contributed by atoms with van der Waals surface area (Å²) in [5.74, 6) is 0.400. The molecule has 2 N–H and O–H groups in total. The first kappa shape index (κ1) is 25.0. The number of rotatable bonds is 13. The van der Waals surface area contributed by atoms with E-state index in [9.17, 15) is 12.8 Å². The molecule has 1 aromatic heterocycles. The topological polar surface area (TPSA) is 91.0 Å². The van der Waals surface area contributed by atoms with Crippen molar-refractivity contribution >= 4 is 10.0 Å². The van der Waals surface area contributed by atoms with Gasteiger partial charge in [0, 0.05) is 5.56 Å². The Balaban J connectivity index is 1.75. The molecule has 0 aliphatic heterocycles. The molecule has 1 heterocycles. The first-order valence-electron chi connectivity index (χ1n) is 11.3. The van der Waals surface area contributed by atoms with E-state index in [1.54, 1.807) is 12.1 Å². The van der Waals surface area contributed by atoms with Crippen molar-refractivity contribution in [3.8, 4) is 11.4 Å². The van der Waals surface area contributed by atoms with Crippen LogP contribution in [0.4, 0.5) is 4.39 Å². The molecule has 178 valence electrons. The molecule has 2 aromatic carbocycles. The number of nitrogens with one attached hydrogen (secondary N) is 2. The zero-order valence-corrected chi connectivity index (χ0v) is 20.0. The van der Waals surface area contributed by atoms with Crippen molar-refractivity contribution < 1.29 is 12.8 Å². The van der Waals surface area contributed by atoms with Crippen LogP contribution in [-0.2, 0) is 16.4 Å². The maximum absolute atomic E-state index is 13.6. The van der Waals surface area contributed by atoms with Gasteiger partial charge in [0.2, 0.25) is 10.0 Å². The summed E-state index contributed by atoms with van der Waals surface area (Å²) < 4.78 is 42.2. The smallest absolute Gasteiger partial charge is 0.212 e. The molecule has 0 saturated carbocycles. The van der Waals surface area contributed by atoms with Crippen molar-refractivity contribution in [1.29, 1.82) is 0 Å². The number of aromatic nitrogens is 3. The minimum atomic E-state index is -3.53. The SMILES string of the molecule is CCN(CC)CCCS(=O)(=O)N[C@H](CCc1ccccc1)c1nc(-c2cccc(F)c2)n[nH]1. The predicted octanol–water partition coefficient (Wildman–Crippen LogP) is 3.94. The van der Waals surface area contributed by atoms with E-state index in [4.69, 9.17) is 0 Å². The summed E-state index contributed by atoms with van der Waals surface area (Å²) in [6, 6.07) is 15.3. The normalized spacial score (nSPS) is 12.8. The third-order valence-corrected chi connectivity index (χ3v) is 7.05. The van der Waals surface area contributed by atoms with E-state index in [1.165, 1.54) is 12.1 Å². The van der Waals surface area contributed by atoms with Gasteiger partial charge < -0.3 is 4.90 Å². The number of H-pyrrole nitrogens is 1. The van der Waals surface area contributed by atoms with E-state index in [0.717, 1.165) is 25.2 Å². The highest BCUT2D eigenvalue weighted by Gasteiger charge is 2.23. The average molecular weight is 474 g/mol. The third-order valence-electron chi connectivity index (χ3n) is 5.58. The second kappa shape index (κ2) is 12.0. The Morgan fingerprint density at radius 3 is 2.55 bits per heavy atom. The van der Waals surface area contributed by atoms with Crippen molar-refractivity contribution in [2.24, 2.45) is 0 Å². The van der Waals surface area contributed by atoms with Crippen LogP contribution in [0.2, 0.25) is 0 Å². The van der Waals surface area contributed by atoms with Crippen LogP contribution >= 0.6 is 0 Å². The van der Waals surface area contributed by atoms with Crippen LogP contribution in [0, 0.1) is 5.82 Å². The zero-order chi connectivity index (χ0) is 23.7. The minimum absolute atomic E-state index is 0.0379. The fourth-order valence-corrected chi connectivity index (χ4v) is 4.98. The minimum Gasteiger partial charge on any atom is -0.304 e. The number of sulfonamides is 1. The van der Waals surface area contributed by atoms with Gasteiger partial charge in [-0.25, -0.2) is 22.5 Å². The first-order valence-corrected chi connectivity index (χ1v) is 13.0. The number of nitrogens with zero attached hydrogens (tertiary/aromatic N) is 3. The fraction of sp³-hybridized carbons (Fsp3) is 0.417. The third kappa shape index (κ3) is 7.73. The Morgan fingerprint density at radius 1 is 1.09 bits per heavy atom. The van der Waals surface area contributed by atoms with Crippen LogP contribution in [0.3, 0.4) is 0 Å². The molecule has 1 atom stereocenters. The molecule has 3 aromatic rings. The van der Waals surface area contributed by atoms with Crippen LogP contribution in [0.5, 0.6) is 0 Å². The van der Waals surface area contributed by atoms with Crippen molar-refractivity contribution in [1.82, 2.24) is 24.8 Å². The number of benzene rings is 2. The Hall–Kier alpha value is -2.62. The van der Waals surface area contributed by atoms with Gasteiger partial charge in [-0.2, -0.15) is 5.10 Å². The molecule has 3 rings (SSSR count). The fourth-order valence-electron chi connectivity index (χ4n) is 3.69. The van der Waals surface area contributed by atoms with Crippen molar-refractivity contribution in [3.63, 3.8) is 0 Å². The largest absolute Gasteiger partial charge is 0.304 e. The van der Waals surface area contributed by atoms with Crippen LogP contribution in [0.1, 0.15) is 44.1 Å². The van der Waals surface area contributed by atoms with E-state index in [-0.39, 0.29) is 11.6 Å². The van der Waals surface area contributed by atoms with Gasteiger partial charge in [0.25, 0.3) is 0 Å². The van der Waals surface area contributed by atoms with Gasteiger partial charge >= 0.3 is 0 Å². The standard InChI is InChI=1S/C24H32FN5O2S/c1-3-30(4-2)16-9-17-33(31,32)29-22(15-14-19-10-6-5-7-11-19)24-26-23(27-28-24)20-12-8-13-21(25)18-20/h5-8,10-13,18,22,29H,3-4,9,14-17H2,1-2H3,(H,26,27,28)/t22-/m1/s1. The molecule has 0 spiro atoms. The van der Waals surface area contributed by atoms with Crippen LogP contribution < -0.4 is 4.72 Å². The maximum atomic E-state index is 13.6. The van der Waals surface area contributed by atoms with Crippen molar-refractivity contribution in [2.75, 3.05) is 25.4 Å². The van der Waals surface area contributed by atoms with Gasteiger partial charge in [-0.15, -0.1) is 0 Å². The molecule has 0 amide bonds. The highest BCUT2D eigenvalue weighted by Crippen LogP contribution is 2.22. The van der Waals surface area contributed by atoms with Gasteiger partial charge in [-0.05, 0) is 56.6 Å². The van der Waals surface area contributed by atoms with Gasteiger partial charge in [0.1, 0.15) is 11.6 Å². The Labute approximate surface area is 195 Å². The summed E-state index contributed by atoms with van der Waals surface area (Å²) >= 11 is 0. The average Bonchev–Trinajstić information content (AvgIpc) is 3.30. The molecule has 7 nitrogen and oxygen atoms in total. The predicted molar refractivity (Wildman–Crippen MR) is 129 cm³/mol. The van der Waals surface area contributed by atoms with Gasteiger partial charge in [0.15, 0.2) is 5.82 Å². The molecule has 0 aliphatic rings. The Bertz CT molecular complexity index is 1100. The molecular weight excluding hydrogens is 441 g/mol. The van der Waals surface area contributed by atoms with Gasteiger partial charge in [-0.3, -0.25) is 5.10 Å². The van der Waals surface area contributed by atoms with Gasteiger partial charge in [-0.1, -0.05) is 56.3 Å². The van der Waals surface area contributed by atoms with E-state index in [1.807, 2.05) is 30.3 Å². The molecule has 0 fully saturated rings. The number of aryl methyl sites for hydroxylation is 1. The summed E-state index contributed by atoms with van der Waals surface area (Å²) in [6.45, 7) is 6.65. The second-order valence-corrected chi connectivity index (χ2v) is 9.82. The van der Waals surface area contributed by atoms with E-state index >= 15 is 0 Å². The molecule has 0 bridgehead atoms. The van der Waals surface area contributed by atoms with Gasteiger partial charge in [0.05, 0.1) is 11.8 Å². The summed E-state index contributed by atoms with van der Waals surface area (Å²) in [7, 11) is -3.53. The van der Waals surface area contributed by atoms with Crippen molar-refractivity contribution in [2.45, 2.75) is 39.2 Å². The molecule has 0 radical (unpaired) electrons. The molecule has 33 heavy (non-hydrogen) atoms. The number of aromatic amines is 1. The van der Waals surface area contributed by atoms with Crippen LogP contribution in [-0.4, -0.2) is 53.9 Å². The Kier molecular flexibility index (Phi) is 9.11. The van der Waals surface area contributed by atoms with Crippen LogP contribution in [0.25, 0.3) is 11.4 Å². The van der Waals surface area contributed by atoms with Crippen LogP contribution in [0.15, 0.2) is 54.6 Å². The number of halogens is 1. The molecule has 0 aliphatic carbocycles. The highest BCUT2D eigenvalue weighted by molar-refractivity contribution is 7.89. The molecule has 0 unspecified atom stereocenters.